The lowest BCUT2D eigenvalue weighted by atomic mass is 10.2. The number of nitrogens with zero attached hydrogens (tertiary/aromatic N) is 2. The Morgan fingerprint density at radius 3 is 2.94 bits per heavy atom. The predicted molar refractivity (Wildman–Crippen MR) is 66.1 cm³/mol. The first kappa shape index (κ1) is 12.3. The molecule has 1 atom stereocenters. The number of sulfone groups is 1. The molecular weight excluding hydrogens is 238 g/mol. The Bertz CT molecular complexity index is 531. The Labute approximate surface area is 101 Å². The summed E-state index contributed by atoms with van der Waals surface area (Å²) < 4.78 is 24.3. The van der Waals surface area contributed by atoms with Crippen molar-refractivity contribution in [3.8, 4) is 0 Å². The first-order valence-corrected chi connectivity index (χ1v) is 7.37. The van der Waals surface area contributed by atoms with E-state index in [2.05, 4.69) is 17.3 Å². The molecule has 5 nitrogen and oxygen atoms in total. The molecule has 0 fully saturated rings. The minimum atomic E-state index is -2.97. The van der Waals surface area contributed by atoms with Gasteiger partial charge >= 0.3 is 0 Å². The lowest BCUT2D eigenvalue weighted by Gasteiger charge is -2.09. The van der Waals surface area contributed by atoms with Crippen molar-refractivity contribution in [3.63, 3.8) is 0 Å². The van der Waals surface area contributed by atoms with Gasteiger partial charge in [0.2, 0.25) is 0 Å². The van der Waals surface area contributed by atoms with E-state index in [0.29, 0.717) is 6.54 Å². The maximum absolute atomic E-state index is 11.2. The van der Waals surface area contributed by atoms with Crippen LogP contribution in [0.4, 0.5) is 0 Å². The number of hydrogen-bond donors (Lipinski definition) is 1. The van der Waals surface area contributed by atoms with Crippen molar-refractivity contribution in [1.82, 2.24) is 15.1 Å². The van der Waals surface area contributed by atoms with Gasteiger partial charge in [0, 0.05) is 36.8 Å². The lowest BCUT2D eigenvalue weighted by molar-refractivity contribution is 0.590. The van der Waals surface area contributed by atoms with Crippen LogP contribution in [0.2, 0.25) is 0 Å². The first-order valence-electron chi connectivity index (χ1n) is 5.66. The molecule has 2 heterocycles. The molecule has 0 aliphatic carbocycles. The molecule has 0 amide bonds. The zero-order chi connectivity index (χ0) is 12.5. The van der Waals surface area contributed by atoms with Crippen molar-refractivity contribution in [2.24, 2.45) is 7.05 Å². The zero-order valence-corrected chi connectivity index (χ0v) is 10.9. The molecule has 0 bridgehead atoms. The maximum Gasteiger partial charge on any atom is 0.173 e. The predicted octanol–water partition coefficient (Wildman–Crippen LogP) is 0.383. The van der Waals surface area contributed by atoms with E-state index >= 15 is 0 Å². The molecule has 0 aromatic carbocycles. The van der Waals surface area contributed by atoms with Gasteiger partial charge in [-0.15, -0.1) is 0 Å². The highest BCUT2D eigenvalue weighted by Gasteiger charge is 2.21. The SMILES string of the molecule is CCc1nn(C)cc1CNC1C=CS(=O)(=O)C1. The van der Waals surface area contributed by atoms with Crippen molar-refractivity contribution in [2.45, 2.75) is 25.9 Å². The Kier molecular flexibility index (Phi) is 3.35. The number of nitrogens with one attached hydrogen (secondary N) is 1. The van der Waals surface area contributed by atoms with E-state index in [0.717, 1.165) is 17.7 Å². The normalized spacial score (nSPS) is 22.1. The third kappa shape index (κ3) is 2.95. The van der Waals surface area contributed by atoms with Crippen LogP contribution in [0.5, 0.6) is 0 Å². The van der Waals surface area contributed by atoms with Crippen LogP contribution in [0.25, 0.3) is 0 Å². The third-order valence-corrected chi connectivity index (χ3v) is 4.21. The highest BCUT2D eigenvalue weighted by atomic mass is 32.2. The van der Waals surface area contributed by atoms with Gasteiger partial charge in [0.1, 0.15) is 0 Å². The van der Waals surface area contributed by atoms with Crippen LogP contribution in [0, 0.1) is 0 Å². The minimum Gasteiger partial charge on any atom is -0.305 e. The van der Waals surface area contributed by atoms with Crippen LogP contribution in [0.3, 0.4) is 0 Å². The summed E-state index contributed by atoms with van der Waals surface area (Å²) in [6, 6.07) is -0.0788. The van der Waals surface area contributed by atoms with Crippen LogP contribution in [0.1, 0.15) is 18.2 Å². The number of aromatic nitrogens is 2. The number of hydrogen-bond acceptors (Lipinski definition) is 4. The zero-order valence-electron chi connectivity index (χ0n) is 10.0. The van der Waals surface area contributed by atoms with Gasteiger partial charge in [-0.2, -0.15) is 5.10 Å². The van der Waals surface area contributed by atoms with E-state index in [9.17, 15) is 8.42 Å². The van der Waals surface area contributed by atoms with Crippen LogP contribution >= 0.6 is 0 Å². The molecule has 17 heavy (non-hydrogen) atoms. The molecule has 94 valence electrons. The molecule has 1 N–H and O–H groups in total. The van der Waals surface area contributed by atoms with Gasteiger partial charge in [-0.1, -0.05) is 13.0 Å². The quantitative estimate of drug-likeness (QED) is 0.845. The van der Waals surface area contributed by atoms with Gasteiger partial charge in [-0.05, 0) is 6.42 Å². The van der Waals surface area contributed by atoms with Gasteiger partial charge in [-0.3, -0.25) is 4.68 Å². The highest BCUT2D eigenvalue weighted by molar-refractivity contribution is 7.94. The second kappa shape index (κ2) is 4.62. The molecule has 0 spiro atoms. The summed E-state index contributed by atoms with van der Waals surface area (Å²) in [4.78, 5) is 0. The first-order chi connectivity index (χ1) is 8.00. The fourth-order valence-corrected chi connectivity index (χ4v) is 3.24. The molecular formula is C11H17N3O2S. The van der Waals surface area contributed by atoms with Crippen molar-refractivity contribution in [3.05, 3.63) is 28.9 Å². The van der Waals surface area contributed by atoms with Gasteiger partial charge in [0.25, 0.3) is 0 Å². The number of aryl methyl sites for hydroxylation is 2. The second-order valence-corrected chi connectivity index (χ2v) is 6.20. The standard InChI is InChI=1S/C11H17N3O2S/c1-3-11-9(7-14(2)13-11)6-12-10-4-5-17(15,16)8-10/h4-5,7,10,12H,3,6,8H2,1-2H3. The van der Waals surface area contributed by atoms with E-state index in [1.807, 2.05) is 13.2 Å². The van der Waals surface area contributed by atoms with Gasteiger partial charge in [0.15, 0.2) is 9.84 Å². The van der Waals surface area contributed by atoms with E-state index in [4.69, 9.17) is 0 Å². The third-order valence-electron chi connectivity index (χ3n) is 2.81. The summed E-state index contributed by atoms with van der Waals surface area (Å²) in [5.74, 6) is 0.161. The van der Waals surface area contributed by atoms with Crippen molar-refractivity contribution in [1.29, 1.82) is 0 Å². The van der Waals surface area contributed by atoms with Crippen molar-refractivity contribution in [2.75, 3.05) is 5.75 Å². The molecule has 1 aromatic heterocycles. The Morgan fingerprint density at radius 2 is 2.35 bits per heavy atom. The molecule has 1 unspecified atom stereocenters. The summed E-state index contributed by atoms with van der Waals surface area (Å²) in [5, 5.41) is 8.85. The lowest BCUT2D eigenvalue weighted by Crippen LogP contribution is -2.29. The minimum absolute atomic E-state index is 0.0788. The van der Waals surface area contributed by atoms with E-state index in [-0.39, 0.29) is 11.8 Å². The fraction of sp³-hybridized carbons (Fsp3) is 0.545. The summed E-state index contributed by atoms with van der Waals surface area (Å²) in [6.45, 7) is 2.72. The van der Waals surface area contributed by atoms with Crippen LogP contribution in [-0.4, -0.2) is 30.0 Å². The summed E-state index contributed by atoms with van der Waals surface area (Å²) in [7, 11) is -1.08. The molecule has 0 saturated heterocycles. The van der Waals surface area contributed by atoms with Crippen LogP contribution in [0.15, 0.2) is 17.7 Å². The fourth-order valence-electron chi connectivity index (χ4n) is 1.97. The van der Waals surface area contributed by atoms with E-state index in [1.165, 1.54) is 5.41 Å². The Balaban J connectivity index is 1.97. The van der Waals surface area contributed by atoms with E-state index < -0.39 is 9.84 Å². The molecule has 1 aliphatic heterocycles. The molecule has 6 heteroatoms. The average molecular weight is 255 g/mol. The van der Waals surface area contributed by atoms with Gasteiger partial charge in [0.05, 0.1) is 11.4 Å². The second-order valence-electron chi connectivity index (χ2n) is 4.27. The summed E-state index contributed by atoms with van der Waals surface area (Å²) >= 11 is 0. The van der Waals surface area contributed by atoms with Gasteiger partial charge < -0.3 is 5.32 Å². The molecule has 1 aliphatic rings. The molecule has 0 radical (unpaired) electrons. The molecule has 0 saturated carbocycles. The monoisotopic (exact) mass is 255 g/mol. The topological polar surface area (TPSA) is 64.0 Å². The van der Waals surface area contributed by atoms with Crippen molar-refractivity contribution >= 4 is 9.84 Å². The smallest absolute Gasteiger partial charge is 0.173 e. The largest absolute Gasteiger partial charge is 0.305 e. The number of rotatable bonds is 4. The average Bonchev–Trinajstić information content (AvgIpc) is 2.78. The Hall–Kier alpha value is -1.14. The maximum atomic E-state index is 11.2. The van der Waals surface area contributed by atoms with Gasteiger partial charge in [-0.25, -0.2) is 8.42 Å². The molecule has 2 rings (SSSR count). The molecule has 1 aromatic rings. The summed E-state index contributed by atoms with van der Waals surface area (Å²) in [6.07, 6.45) is 4.56. The van der Waals surface area contributed by atoms with Crippen LogP contribution < -0.4 is 5.32 Å². The Morgan fingerprint density at radius 1 is 1.59 bits per heavy atom. The summed E-state index contributed by atoms with van der Waals surface area (Å²) in [5.41, 5.74) is 2.19. The van der Waals surface area contributed by atoms with Crippen molar-refractivity contribution < 1.29 is 8.42 Å². The highest BCUT2D eigenvalue weighted by Crippen LogP contribution is 2.11. The van der Waals surface area contributed by atoms with E-state index in [1.54, 1.807) is 10.8 Å². The van der Waals surface area contributed by atoms with Crippen LogP contribution in [-0.2, 0) is 29.9 Å².